The molecule has 0 aromatic heterocycles. The van der Waals surface area contributed by atoms with Gasteiger partial charge in [0.1, 0.15) is 0 Å². The maximum Gasteiger partial charge on any atom is 0.313 e. The van der Waals surface area contributed by atoms with E-state index in [1.165, 1.54) is 24.3 Å². The highest BCUT2D eigenvalue weighted by Crippen LogP contribution is 2.24. The van der Waals surface area contributed by atoms with Crippen LogP contribution in [-0.2, 0) is 9.59 Å². The Labute approximate surface area is 193 Å². The third-order valence-electron chi connectivity index (χ3n) is 5.75. The van der Waals surface area contributed by atoms with Gasteiger partial charge >= 0.3 is 11.8 Å². The van der Waals surface area contributed by atoms with Crippen LogP contribution in [0, 0.1) is 10.1 Å². The van der Waals surface area contributed by atoms with Crippen molar-refractivity contribution >= 4 is 28.9 Å². The predicted molar refractivity (Wildman–Crippen MR) is 127 cm³/mol. The highest BCUT2D eigenvalue weighted by Gasteiger charge is 2.25. The number of benzene rings is 2. The van der Waals surface area contributed by atoms with Gasteiger partial charge in [-0.25, -0.2) is 0 Å². The monoisotopic (exact) mass is 454 g/mol. The van der Waals surface area contributed by atoms with E-state index in [-0.39, 0.29) is 24.0 Å². The van der Waals surface area contributed by atoms with Gasteiger partial charge in [0.2, 0.25) is 0 Å². The number of hydrogen-bond acceptors (Lipinski definition) is 7. The summed E-state index contributed by atoms with van der Waals surface area (Å²) >= 11 is 0. The van der Waals surface area contributed by atoms with E-state index in [1.807, 2.05) is 43.3 Å². The fourth-order valence-electron chi connectivity index (χ4n) is 3.74. The number of amides is 2. The molecule has 1 aliphatic heterocycles. The van der Waals surface area contributed by atoms with Crippen LogP contribution in [0.3, 0.4) is 0 Å². The van der Waals surface area contributed by atoms with E-state index in [1.54, 1.807) is 0 Å². The van der Waals surface area contributed by atoms with Gasteiger partial charge in [0.05, 0.1) is 11.0 Å². The zero-order chi connectivity index (χ0) is 24.0. The summed E-state index contributed by atoms with van der Waals surface area (Å²) in [5.41, 5.74) is 2.17. The summed E-state index contributed by atoms with van der Waals surface area (Å²) in [5.74, 6) is -1.65. The average Bonchev–Trinajstić information content (AvgIpc) is 2.80. The number of carbonyl (C=O) groups excluding carboxylic acids is 2. The molecule has 0 aliphatic carbocycles. The predicted octanol–water partition coefficient (Wildman–Crippen LogP) is 1.70. The Kier molecular flexibility index (Phi) is 7.96. The molecule has 2 aromatic carbocycles. The number of likely N-dealkylation sites (N-methyl/N-ethyl adjacent to an activating group) is 1. The molecule has 3 rings (SSSR count). The van der Waals surface area contributed by atoms with Gasteiger partial charge in [0.25, 0.3) is 5.69 Å². The highest BCUT2D eigenvalue weighted by atomic mass is 16.6. The van der Waals surface area contributed by atoms with Crippen molar-refractivity contribution in [3.05, 3.63) is 64.2 Å². The van der Waals surface area contributed by atoms with Crippen molar-refractivity contribution in [1.29, 1.82) is 0 Å². The first-order valence-electron chi connectivity index (χ1n) is 10.8. The van der Waals surface area contributed by atoms with Gasteiger partial charge in [-0.15, -0.1) is 0 Å². The number of carbonyl (C=O) groups is 2. The number of hydrogen-bond donors (Lipinski definition) is 2. The van der Waals surface area contributed by atoms with E-state index >= 15 is 0 Å². The largest absolute Gasteiger partial charge is 0.378 e. The zero-order valence-electron chi connectivity index (χ0n) is 19.2. The molecule has 1 saturated heterocycles. The summed E-state index contributed by atoms with van der Waals surface area (Å²) in [6.07, 6.45) is 0. The molecule has 10 heteroatoms. The molecule has 0 saturated carbocycles. The van der Waals surface area contributed by atoms with E-state index in [0.29, 0.717) is 0 Å². The van der Waals surface area contributed by atoms with E-state index in [9.17, 15) is 19.7 Å². The molecule has 176 valence electrons. The zero-order valence-corrected chi connectivity index (χ0v) is 19.2. The second kappa shape index (κ2) is 10.9. The summed E-state index contributed by atoms with van der Waals surface area (Å²) < 4.78 is 0. The van der Waals surface area contributed by atoms with Crippen LogP contribution in [0.1, 0.15) is 11.6 Å². The second-order valence-corrected chi connectivity index (χ2v) is 8.31. The molecular formula is C23H30N6O4. The van der Waals surface area contributed by atoms with Gasteiger partial charge in [-0.05, 0) is 30.8 Å². The van der Waals surface area contributed by atoms with Gasteiger partial charge in [-0.3, -0.25) is 24.6 Å². The van der Waals surface area contributed by atoms with Gasteiger partial charge in [0, 0.05) is 70.3 Å². The number of piperazine rings is 1. The molecule has 1 heterocycles. The van der Waals surface area contributed by atoms with Crippen LogP contribution in [0.5, 0.6) is 0 Å². The van der Waals surface area contributed by atoms with E-state index < -0.39 is 16.7 Å². The van der Waals surface area contributed by atoms with Crippen molar-refractivity contribution in [3.63, 3.8) is 0 Å². The summed E-state index contributed by atoms with van der Waals surface area (Å²) in [4.78, 5) is 41.8. The lowest BCUT2D eigenvalue weighted by Crippen LogP contribution is -2.49. The highest BCUT2D eigenvalue weighted by molar-refractivity contribution is 6.39. The minimum Gasteiger partial charge on any atom is -0.378 e. The van der Waals surface area contributed by atoms with E-state index in [2.05, 4.69) is 27.5 Å². The van der Waals surface area contributed by atoms with Crippen LogP contribution in [0.15, 0.2) is 48.5 Å². The van der Waals surface area contributed by atoms with Crippen molar-refractivity contribution in [2.75, 3.05) is 64.1 Å². The minimum absolute atomic E-state index is 0.0792. The van der Waals surface area contributed by atoms with Gasteiger partial charge in [-0.2, -0.15) is 0 Å². The third-order valence-corrected chi connectivity index (χ3v) is 5.75. The first kappa shape index (κ1) is 24.1. The molecule has 0 radical (unpaired) electrons. The fourth-order valence-corrected chi connectivity index (χ4v) is 3.74. The number of nitro groups is 1. The SMILES string of the molecule is CN1CCN(C(CNC(=O)C(=O)Nc2cccc([N+](=O)[O-])c2)c2ccc(N(C)C)cc2)CC1. The molecule has 1 unspecified atom stereocenters. The van der Waals surface area contributed by atoms with Gasteiger partial charge < -0.3 is 20.4 Å². The van der Waals surface area contributed by atoms with Crippen LogP contribution in [0.4, 0.5) is 17.1 Å². The molecule has 1 fully saturated rings. The first-order valence-corrected chi connectivity index (χ1v) is 10.8. The Morgan fingerprint density at radius 3 is 2.33 bits per heavy atom. The van der Waals surface area contributed by atoms with Crippen molar-refractivity contribution in [3.8, 4) is 0 Å². The number of rotatable bonds is 7. The molecule has 2 amide bonds. The van der Waals surface area contributed by atoms with Gasteiger partial charge in [0.15, 0.2) is 0 Å². The quantitative estimate of drug-likeness (QED) is 0.372. The van der Waals surface area contributed by atoms with Crippen molar-refractivity contribution in [1.82, 2.24) is 15.1 Å². The van der Waals surface area contributed by atoms with Crippen molar-refractivity contribution in [2.24, 2.45) is 0 Å². The number of anilines is 2. The van der Waals surface area contributed by atoms with Crippen LogP contribution >= 0.6 is 0 Å². The Morgan fingerprint density at radius 2 is 1.73 bits per heavy atom. The Balaban J connectivity index is 1.67. The van der Waals surface area contributed by atoms with Crippen LogP contribution in [0.2, 0.25) is 0 Å². The molecule has 1 aliphatic rings. The normalized spacial score (nSPS) is 15.5. The Bertz CT molecular complexity index is 987. The maximum atomic E-state index is 12.5. The maximum absolute atomic E-state index is 12.5. The molecule has 33 heavy (non-hydrogen) atoms. The van der Waals surface area contributed by atoms with Crippen LogP contribution in [0.25, 0.3) is 0 Å². The number of nitro benzene ring substituents is 1. The van der Waals surface area contributed by atoms with Crippen LogP contribution in [-0.4, -0.2) is 80.4 Å². The summed E-state index contributed by atoms with van der Waals surface area (Å²) in [6, 6.07) is 13.6. The van der Waals surface area contributed by atoms with E-state index in [4.69, 9.17) is 0 Å². The number of nitrogens with zero attached hydrogens (tertiary/aromatic N) is 4. The molecule has 0 spiro atoms. The lowest BCUT2D eigenvalue weighted by Gasteiger charge is -2.38. The smallest absolute Gasteiger partial charge is 0.313 e. The third kappa shape index (κ3) is 6.50. The standard InChI is InChI=1S/C23H30N6O4/c1-26(2)19-9-7-17(8-10-19)21(28-13-11-27(3)12-14-28)16-24-22(30)23(31)25-18-5-4-6-20(15-18)29(32)33/h4-10,15,21H,11-14,16H2,1-3H3,(H,24,30)(H,25,31). The lowest BCUT2D eigenvalue weighted by molar-refractivity contribution is -0.384. The second-order valence-electron chi connectivity index (χ2n) is 8.31. The molecular weight excluding hydrogens is 424 g/mol. The molecule has 1 atom stereocenters. The van der Waals surface area contributed by atoms with Crippen molar-refractivity contribution < 1.29 is 14.5 Å². The topological polar surface area (TPSA) is 111 Å². The van der Waals surface area contributed by atoms with Crippen LogP contribution < -0.4 is 15.5 Å². The minimum atomic E-state index is -0.865. The Hall–Kier alpha value is -3.50. The number of non-ortho nitro benzene ring substituents is 1. The van der Waals surface area contributed by atoms with Crippen molar-refractivity contribution in [2.45, 2.75) is 6.04 Å². The number of nitrogens with one attached hydrogen (secondary N) is 2. The molecule has 2 aromatic rings. The van der Waals surface area contributed by atoms with E-state index in [0.717, 1.165) is 37.4 Å². The molecule has 2 N–H and O–H groups in total. The molecule has 10 nitrogen and oxygen atoms in total. The summed E-state index contributed by atoms with van der Waals surface area (Å²) in [6.45, 7) is 3.83. The molecule has 0 bridgehead atoms. The Morgan fingerprint density at radius 1 is 1.06 bits per heavy atom. The first-order chi connectivity index (χ1) is 15.7. The van der Waals surface area contributed by atoms with Gasteiger partial charge in [-0.1, -0.05) is 18.2 Å². The fraction of sp³-hybridized carbons (Fsp3) is 0.391. The lowest BCUT2D eigenvalue weighted by atomic mass is 10.0. The average molecular weight is 455 g/mol. The summed E-state index contributed by atoms with van der Waals surface area (Å²) in [7, 11) is 6.04. The summed E-state index contributed by atoms with van der Waals surface area (Å²) in [5, 5.41) is 16.1.